The highest BCUT2D eigenvalue weighted by molar-refractivity contribution is 4.78. The van der Waals surface area contributed by atoms with Gasteiger partial charge >= 0.3 is 0 Å². The zero-order chi connectivity index (χ0) is 9.90. The summed E-state index contributed by atoms with van der Waals surface area (Å²) in [4.78, 5) is 1.67. The van der Waals surface area contributed by atoms with E-state index >= 15 is 0 Å². The smallest absolute Gasteiger partial charge is 0.250 e. The van der Waals surface area contributed by atoms with Gasteiger partial charge in [0.15, 0.2) is 0 Å². The number of alkyl halides is 3. The lowest BCUT2D eigenvalue weighted by Crippen LogP contribution is -2.43. The van der Waals surface area contributed by atoms with Crippen LogP contribution in [0.3, 0.4) is 0 Å². The van der Waals surface area contributed by atoms with Crippen molar-refractivity contribution in [2.24, 2.45) is 0 Å². The zero-order valence-electron chi connectivity index (χ0n) is 7.35. The van der Waals surface area contributed by atoms with Crippen molar-refractivity contribution in [2.45, 2.75) is 24.9 Å². The highest BCUT2D eigenvalue weighted by atomic mass is 19.3. The Morgan fingerprint density at radius 2 is 1.85 bits per heavy atom. The van der Waals surface area contributed by atoms with E-state index in [1.807, 2.05) is 0 Å². The molecule has 5 heteroatoms. The number of halogens is 3. The summed E-state index contributed by atoms with van der Waals surface area (Å²) in [6.45, 7) is -0.173. The van der Waals surface area contributed by atoms with Gasteiger partial charge in [0.25, 0.3) is 5.92 Å². The molecule has 1 heterocycles. The summed E-state index contributed by atoms with van der Waals surface area (Å²) >= 11 is 0. The van der Waals surface area contributed by atoms with Crippen LogP contribution in [-0.2, 0) is 0 Å². The fourth-order valence-electron chi connectivity index (χ4n) is 1.41. The Hall–Kier alpha value is -0.290. The van der Waals surface area contributed by atoms with E-state index in [2.05, 4.69) is 0 Å². The molecule has 0 bridgehead atoms. The number of piperidine rings is 1. The first-order chi connectivity index (χ1) is 6.03. The molecule has 1 aliphatic rings. The zero-order valence-corrected chi connectivity index (χ0v) is 7.35. The van der Waals surface area contributed by atoms with Gasteiger partial charge in [-0.05, 0) is 0 Å². The van der Waals surface area contributed by atoms with Gasteiger partial charge in [0.05, 0.1) is 6.10 Å². The molecular formula is C8H14F3NO. The maximum absolute atomic E-state index is 12.6. The average Bonchev–Trinajstić information content (AvgIpc) is 2.08. The first-order valence-corrected chi connectivity index (χ1v) is 4.38. The Morgan fingerprint density at radius 3 is 2.31 bits per heavy atom. The van der Waals surface area contributed by atoms with E-state index in [9.17, 15) is 13.2 Å². The van der Waals surface area contributed by atoms with Crippen LogP contribution in [-0.4, -0.2) is 48.3 Å². The maximum atomic E-state index is 12.6. The molecule has 0 saturated carbocycles. The molecule has 1 N–H and O–H groups in total. The molecule has 1 aliphatic heterocycles. The third-order valence-electron chi connectivity index (χ3n) is 2.23. The first kappa shape index (κ1) is 10.8. The molecule has 78 valence electrons. The summed E-state index contributed by atoms with van der Waals surface area (Å²) in [5.41, 5.74) is 0. The Morgan fingerprint density at radius 1 is 1.31 bits per heavy atom. The highest BCUT2D eigenvalue weighted by Gasteiger charge is 2.34. The maximum Gasteiger partial charge on any atom is 0.250 e. The second-order valence-electron chi connectivity index (χ2n) is 3.46. The molecule has 1 atom stereocenters. The van der Waals surface area contributed by atoms with Crippen molar-refractivity contribution in [3.05, 3.63) is 0 Å². The van der Waals surface area contributed by atoms with Crippen LogP contribution < -0.4 is 0 Å². The van der Waals surface area contributed by atoms with Crippen molar-refractivity contribution in [2.75, 3.05) is 26.3 Å². The molecule has 1 rings (SSSR count). The van der Waals surface area contributed by atoms with Crippen molar-refractivity contribution in [3.63, 3.8) is 0 Å². The number of nitrogens with zero attached hydrogens (tertiary/aromatic N) is 1. The standard InChI is InChI=1S/C8H14F3NO/c9-5-7(13)6-12-3-1-8(10,11)2-4-12/h7,13H,1-6H2. The number of aliphatic hydroxyl groups is 1. The molecule has 0 aromatic rings. The van der Waals surface area contributed by atoms with E-state index in [4.69, 9.17) is 5.11 Å². The molecule has 0 amide bonds. The molecule has 1 saturated heterocycles. The number of rotatable bonds is 3. The Balaban J connectivity index is 2.25. The van der Waals surface area contributed by atoms with Gasteiger partial charge in [-0.2, -0.15) is 0 Å². The summed E-state index contributed by atoms with van der Waals surface area (Å²) < 4.78 is 37.1. The number of aliphatic hydroxyl groups excluding tert-OH is 1. The minimum absolute atomic E-state index is 0.159. The Labute approximate surface area is 75.3 Å². The summed E-state index contributed by atoms with van der Waals surface area (Å²) in [5, 5.41) is 8.94. The van der Waals surface area contributed by atoms with Crippen LogP contribution in [0.5, 0.6) is 0 Å². The third-order valence-corrected chi connectivity index (χ3v) is 2.23. The van der Waals surface area contributed by atoms with E-state index < -0.39 is 18.7 Å². The lowest BCUT2D eigenvalue weighted by Gasteiger charge is -2.32. The van der Waals surface area contributed by atoms with E-state index in [1.165, 1.54) is 0 Å². The molecule has 0 aliphatic carbocycles. The molecule has 0 radical (unpaired) electrons. The Bertz CT molecular complexity index is 155. The molecule has 0 spiro atoms. The summed E-state index contributed by atoms with van der Waals surface area (Å²) in [6, 6.07) is 0. The molecule has 0 aromatic heterocycles. The molecule has 13 heavy (non-hydrogen) atoms. The van der Waals surface area contributed by atoms with Gasteiger partial charge in [-0.1, -0.05) is 0 Å². The summed E-state index contributed by atoms with van der Waals surface area (Å²) in [6.07, 6.45) is -1.41. The third kappa shape index (κ3) is 3.52. The Kier molecular flexibility index (Phi) is 3.55. The van der Waals surface area contributed by atoms with Gasteiger partial charge in [-0.15, -0.1) is 0 Å². The van der Waals surface area contributed by atoms with Crippen molar-refractivity contribution >= 4 is 0 Å². The quantitative estimate of drug-likeness (QED) is 0.731. The fraction of sp³-hybridized carbons (Fsp3) is 1.00. The molecule has 1 fully saturated rings. The lowest BCUT2D eigenvalue weighted by molar-refractivity contribution is -0.0619. The SMILES string of the molecule is OC(CF)CN1CCC(F)(F)CC1. The normalized spacial score (nSPS) is 25.8. The van der Waals surface area contributed by atoms with Crippen molar-refractivity contribution in [1.82, 2.24) is 4.90 Å². The second kappa shape index (κ2) is 4.28. The highest BCUT2D eigenvalue weighted by Crippen LogP contribution is 2.27. The average molecular weight is 197 g/mol. The predicted octanol–water partition coefficient (Wildman–Crippen LogP) is 1.05. The summed E-state index contributed by atoms with van der Waals surface area (Å²) in [5.74, 6) is -2.57. The number of likely N-dealkylation sites (tertiary alicyclic amines) is 1. The number of hydrogen-bond acceptors (Lipinski definition) is 2. The second-order valence-corrected chi connectivity index (χ2v) is 3.46. The van der Waals surface area contributed by atoms with Crippen LogP contribution in [0.1, 0.15) is 12.8 Å². The van der Waals surface area contributed by atoms with E-state index in [1.54, 1.807) is 4.90 Å². The first-order valence-electron chi connectivity index (χ1n) is 4.38. The van der Waals surface area contributed by atoms with E-state index in [0.717, 1.165) is 0 Å². The molecular weight excluding hydrogens is 183 g/mol. The van der Waals surface area contributed by atoms with Crippen molar-refractivity contribution in [3.8, 4) is 0 Å². The van der Waals surface area contributed by atoms with Crippen molar-refractivity contribution in [1.29, 1.82) is 0 Å². The number of β-amino-alcohol motifs (C(OH)–C–C–N with tert-alkyl or cyclic N) is 1. The van der Waals surface area contributed by atoms with Crippen LogP contribution in [0, 0.1) is 0 Å². The monoisotopic (exact) mass is 197 g/mol. The topological polar surface area (TPSA) is 23.5 Å². The van der Waals surface area contributed by atoms with E-state index in [0.29, 0.717) is 0 Å². The summed E-state index contributed by atoms with van der Waals surface area (Å²) in [7, 11) is 0. The predicted molar refractivity (Wildman–Crippen MR) is 42.6 cm³/mol. The molecule has 1 unspecified atom stereocenters. The van der Waals surface area contributed by atoms with Gasteiger partial charge in [0, 0.05) is 32.5 Å². The fourth-order valence-corrected chi connectivity index (χ4v) is 1.41. The minimum Gasteiger partial charge on any atom is -0.389 e. The van der Waals surface area contributed by atoms with Gasteiger partial charge in [0.1, 0.15) is 6.67 Å². The van der Waals surface area contributed by atoms with Gasteiger partial charge in [-0.3, -0.25) is 0 Å². The van der Waals surface area contributed by atoms with Crippen LogP contribution in [0.2, 0.25) is 0 Å². The van der Waals surface area contributed by atoms with Gasteiger partial charge in [0.2, 0.25) is 0 Å². The van der Waals surface area contributed by atoms with Gasteiger partial charge < -0.3 is 10.0 Å². The van der Waals surface area contributed by atoms with Crippen LogP contribution in [0.15, 0.2) is 0 Å². The van der Waals surface area contributed by atoms with Crippen LogP contribution in [0.4, 0.5) is 13.2 Å². The largest absolute Gasteiger partial charge is 0.389 e. The van der Waals surface area contributed by atoms with Crippen LogP contribution >= 0.6 is 0 Å². The van der Waals surface area contributed by atoms with Crippen LogP contribution in [0.25, 0.3) is 0 Å². The number of hydrogen-bond donors (Lipinski definition) is 1. The lowest BCUT2D eigenvalue weighted by atomic mass is 10.1. The molecule has 0 aromatic carbocycles. The van der Waals surface area contributed by atoms with E-state index in [-0.39, 0.29) is 32.5 Å². The van der Waals surface area contributed by atoms with Crippen molar-refractivity contribution < 1.29 is 18.3 Å². The minimum atomic E-state index is -2.57. The van der Waals surface area contributed by atoms with Gasteiger partial charge in [-0.25, -0.2) is 13.2 Å². The molecule has 2 nitrogen and oxygen atoms in total.